The number of hydrogen-bond acceptors (Lipinski definition) is 7. The van der Waals surface area contributed by atoms with E-state index in [2.05, 4.69) is 14.7 Å². The number of thiophene rings is 1. The summed E-state index contributed by atoms with van der Waals surface area (Å²) < 4.78 is 9.74. The number of benzene rings is 1. The van der Waals surface area contributed by atoms with Crippen molar-refractivity contribution in [3.05, 3.63) is 68.4 Å². The van der Waals surface area contributed by atoms with Crippen molar-refractivity contribution < 1.29 is 19.1 Å². The highest BCUT2D eigenvalue weighted by Gasteiger charge is 2.10. The number of hydrogen-bond donors (Lipinski definition) is 1. The lowest BCUT2D eigenvalue weighted by atomic mass is 10.1. The van der Waals surface area contributed by atoms with E-state index < -0.39 is 11.9 Å². The molecule has 3 rings (SSSR count). The van der Waals surface area contributed by atoms with Crippen molar-refractivity contribution in [2.45, 2.75) is 6.61 Å². The molecule has 2 aromatic heterocycles. The summed E-state index contributed by atoms with van der Waals surface area (Å²) in [6, 6.07) is 8.18. The smallest absolute Gasteiger partial charge is 0.337 e. The third kappa shape index (κ3) is 4.04. The molecule has 0 aliphatic heterocycles. The molecule has 0 unspecified atom stereocenters. The third-order valence-corrected chi connectivity index (χ3v) is 4.29. The van der Waals surface area contributed by atoms with Crippen molar-refractivity contribution >= 4 is 40.3 Å². The zero-order valence-electron chi connectivity index (χ0n) is 13.7. The van der Waals surface area contributed by atoms with Crippen LogP contribution in [0.2, 0.25) is 0 Å². The van der Waals surface area contributed by atoms with Crippen LogP contribution in [0.3, 0.4) is 0 Å². The fourth-order valence-electron chi connectivity index (χ4n) is 2.22. The van der Waals surface area contributed by atoms with Crippen LogP contribution in [0, 0.1) is 0 Å². The van der Waals surface area contributed by atoms with Gasteiger partial charge in [-0.25, -0.2) is 14.6 Å². The van der Waals surface area contributed by atoms with Gasteiger partial charge in [0.25, 0.3) is 5.56 Å². The largest absolute Gasteiger partial charge is 0.465 e. The van der Waals surface area contributed by atoms with Crippen molar-refractivity contribution in [2.75, 3.05) is 7.11 Å². The third-order valence-electron chi connectivity index (χ3n) is 3.45. The van der Waals surface area contributed by atoms with Gasteiger partial charge in [-0.1, -0.05) is 6.07 Å². The van der Waals surface area contributed by atoms with Crippen LogP contribution in [-0.2, 0) is 20.9 Å². The first-order valence-corrected chi connectivity index (χ1v) is 8.44. The summed E-state index contributed by atoms with van der Waals surface area (Å²) in [4.78, 5) is 43.2. The summed E-state index contributed by atoms with van der Waals surface area (Å²) in [5, 5.41) is 2.22. The Hall–Kier alpha value is -3.26. The molecule has 0 atom stereocenters. The summed E-state index contributed by atoms with van der Waals surface area (Å²) >= 11 is 1.50. The van der Waals surface area contributed by atoms with Crippen LogP contribution in [0.5, 0.6) is 0 Å². The molecule has 2 heterocycles. The first-order chi connectivity index (χ1) is 12.6. The minimum absolute atomic E-state index is 0.183. The molecule has 7 nitrogen and oxygen atoms in total. The maximum atomic E-state index is 12.1. The zero-order valence-corrected chi connectivity index (χ0v) is 14.5. The van der Waals surface area contributed by atoms with Gasteiger partial charge in [-0.15, -0.1) is 11.3 Å². The van der Waals surface area contributed by atoms with Gasteiger partial charge in [0.05, 0.1) is 23.6 Å². The molecule has 3 aromatic rings. The predicted molar refractivity (Wildman–Crippen MR) is 96.9 cm³/mol. The number of carbonyl (C=O) groups is 2. The second-order valence-electron chi connectivity index (χ2n) is 5.19. The highest BCUT2D eigenvalue weighted by atomic mass is 32.1. The number of aromatic amines is 1. The Morgan fingerprint density at radius 1 is 1.31 bits per heavy atom. The molecule has 1 aromatic carbocycles. The number of esters is 2. The summed E-state index contributed by atoms with van der Waals surface area (Å²) in [5.74, 6) is -0.896. The topological polar surface area (TPSA) is 98.4 Å². The van der Waals surface area contributed by atoms with E-state index in [9.17, 15) is 14.4 Å². The molecule has 0 spiro atoms. The molecule has 0 fully saturated rings. The van der Waals surface area contributed by atoms with Crippen molar-refractivity contribution in [2.24, 2.45) is 0 Å². The summed E-state index contributed by atoms with van der Waals surface area (Å²) in [6.45, 7) is -0.193. The van der Waals surface area contributed by atoms with E-state index in [4.69, 9.17) is 4.74 Å². The Kier molecular flexibility index (Phi) is 5.23. The lowest BCUT2D eigenvalue weighted by Crippen LogP contribution is -2.14. The number of methoxy groups -OCH3 is 1. The van der Waals surface area contributed by atoms with Crippen molar-refractivity contribution in [3.8, 4) is 0 Å². The lowest BCUT2D eigenvalue weighted by Gasteiger charge is -2.05. The number of aromatic nitrogens is 2. The first kappa shape index (κ1) is 17.6. The number of H-pyrrole nitrogens is 1. The average molecular weight is 370 g/mol. The Labute approximate surface area is 151 Å². The minimum Gasteiger partial charge on any atom is -0.465 e. The molecule has 26 heavy (non-hydrogen) atoms. The lowest BCUT2D eigenvalue weighted by molar-refractivity contribution is -0.139. The predicted octanol–water partition coefficient (Wildman–Crippen LogP) is 2.53. The fraction of sp³-hybridized carbons (Fsp3) is 0.111. The Morgan fingerprint density at radius 3 is 2.88 bits per heavy atom. The highest BCUT2D eigenvalue weighted by molar-refractivity contribution is 7.10. The molecule has 0 bridgehead atoms. The SMILES string of the molecule is COC(=O)c1ccc2c(=O)[nH]c(COC(=O)/C=C/c3cccs3)nc2c1. The van der Waals surface area contributed by atoms with Crippen LogP contribution in [-0.4, -0.2) is 29.0 Å². The van der Waals surface area contributed by atoms with Gasteiger partial charge in [-0.05, 0) is 35.7 Å². The van der Waals surface area contributed by atoms with Crippen LogP contribution >= 0.6 is 11.3 Å². The van der Waals surface area contributed by atoms with E-state index in [0.717, 1.165) is 4.88 Å². The highest BCUT2D eigenvalue weighted by Crippen LogP contribution is 2.12. The van der Waals surface area contributed by atoms with Crippen molar-refractivity contribution in [3.63, 3.8) is 0 Å². The van der Waals surface area contributed by atoms with E-state index in [-0.39, 0.29) is 23.6 Å². The molecule has 0 aliphatic rings. The molecule has 1 N–H and O–H groups in total. The van der Waals surface area contributed by atoms with Crippen LogP contribution in [0.25, 0.3) is 17.0 Å². The number of rotatable bonds is 5. The number of carbonyl (C=O) groups excluding carboxylic acids is 2. The number of ether oxygens (including phenoxy) is 2. The van der Waals surface area contributed by atoms with Crippen LogP contribution < -0.4 is 5.56 Å². The number of nitrogens with one attached hydrogen (secondary N) is 1. The monoisotopic (exact) mass is 370 g/mol. The quantitative estimate of drug-likeness (QED) is 0.547. The van der Waals surface area contributed by atoms with Gasteiger partial charge in [0.2, 0.25) is 0 Å². The maximum absolute atomic E-state index is 12.1. The molecule has 0 radical (unpaired) electrons. The van der Waals surface area contributed by atoms with Crippen LogP contribution in [0.4, 0.5) is 0 Å². The van der Waals surface area contributed by atoms with Gasteiger partial charge in [0.15, 0.2) is 0 Å². The molecule has 132 valence electrons. The fourth-order valence-corrected chi connectivity index (χ4v) is 2.84. The molecular weight excluding hydrogens is 356 g/mol. The number of nitrogens with zero attached hydrogens (tertiary/aromatic N) is 1. The zero-order chi connectivity index (χ0) is 18.5. The van der Waals surface area contributed by atoms with E-state index >= 15 is 0 Å². The van der Waals surface area contributed by atoms with Gasteiger partial charge in [0, 0.05) is 11.0 Å². The maximum Gasteiger partial charge on any atom is 0.337 e. The van der Waals surface area contributed by atoms with E-state index in [1.807, 2.05) is 17.5 Å². The molecule has 0 saturated carbocycles. The van der Waals surface area contributed by atoms with Gasteiger partial charge >= 0.3 is 11.9 Å². The normalized spacial score (nSPS) is 11.0. The Bertz CT molecular complexity index is 1040. The van der Waals surface area contributed by atoms with Crippen molar-refractivity contribution in [1.29, 1.82) is 0 Å². The molecular formula is C18H14N2O5S. The molecule has 0 aliphatic carbocycles. The second kappa shape index (κ2) is 7.75. The molecule has 0 saturated heterocycles. The minimum atomic E-state index is -0.551. The summed E-state index contributed by atoms with van der Waals surface area (Å²) in [5.41, 5.74) is 0.211. The van der Waals surface area contributed by atoms with E-state index in [1.54, 1.807) is 6.08 Å². The standard InChI is InChI=1S/C18H14N2O5S/c1-24-18(23)11-4-6-13-14(9-11)19-15(20-17(13)22)10-25-16(21)7-5-12-3-2-8-26-12/h2-9H,10H2,1H3,(H,19,20,22)/b7-5+. The first-order valence-electron chi connectivity index (χ1n) is 7.56. The van der Waals surface area contributed by atoms with Gasteiger partial charge < -0.3 is 14.5 Å². The summed E-state index contributed by atoms with van der Waals surface area (Å²) in [6.07, 6.45) is 2.95. The van der Waals surface area contributed by atoms with Gasteiger partial charge in [-0.2, -0.15) is 0 Å². The van der Waals surface area contributed by atoms with Gasteiger partial charge in [0.1, 0.15) is 12.4 Å². The molecule has 0 amide bonds. The van der Waals surface area contributed by atoms with E-state index in [1.165, 1.54) is 42.7 Å². The average Bonchev–Trinajstić information content (AvgIpc) is 3.17. The number of fused-ring (bicyclic) bond motifs is 1. The Morgan fingerprint density at radius 2 is 2.15 bits per heavy atom. The molecule has 8 heteroatoms. The van der Waals surface area contributed by atoms with Crippen LogP contribution in [0.15, 0.2) is 46.6 Å². The van der Waals surface area contributed by atoms with Crippen molar-refractivity contribution in [1.82, 2.24) is 9.97 Å². The van der Waals surface area contributed by atoms with E-state index in [0.29, 0.717) is 10.9 Å². The second-order valence-corrected chi connectivity index (χ2v) is 6.17. The van der Waals surface area contributed by atoms with Gasteiger partial charge in [-0.3, -0.25) is 4.79 Å². The summed E-state index contributed by atoms with van der Waals surface area (Å²) in [7, 11) is 1.27. The Balaban J connectivity index is 1.76. The van der Waals surface area contributed by atoms with Crippen LogP contribution in [0.1, 0.15) is 21.1 Å².